The maximum absolute atomic E-state index is 11.9. The number of carboxylic acids is 1. The summed E-state index contributed by atoms with van der Waals surface area (Å²) in [7, 11) is 1.58. The van der Waals surface area contributed by atoms with E-state index in [9.17, 15) is 9.59 Å². The molecule has 0 aliphatic heterocycles. The Balaban J connectivity index is 2.40. The van der Waals surface area contributed by atoms with Crippen molar-refractivity contribution in [3.05, 3.63) is 0 Å². The van der Waals surface area contributed by atoms with Crippen molar-refractivity contribution < 1.29 is 19.4 Å². The van der Waals surface area contributed by atoms with E-state index in [2.05, 4.69) is 5.32 Å². The highest BCUT2D eigenvalue weighted by Crippen LogP contribution is 2.28. The van der Waals surface area contributed by atoms with Crippen LogP contribution in [-0.4, -0.2) is 60.8 Å². The second-order valence-corrected chi connectivity index (χ2v) is 4.57. The molecular weight excluding hydrogens is 236 g/mol. The lowest BCUT2D eigenvalue weighted by Crippen LogP contribution is -2.47. The summed E-state index contributed by atoms with van der Waals surface area (Å²) < 4.78 is 4.87. The molecule has 6 heteroatoms. The van der Waals surface area contributed by atoms with E-state index in [1.54, 1.807) is 7.11 Å². The minimum absolute atomic E-state index is 0.0654. The van der Waals surface area contributed by atoms with Gasteiger partial charge in [0.15, 0.2) is 0 Å². The maximum Gasteiger partial charge on any atom is 0.304 e. The van der Waals surface area contributed by atoms with Gasteiger partial charge in [0.25, 0.3) is 0 Å². The molecule has 0 saturated heterocycles. The van der Waals surface area contributed by atoms with Crippen LogP contribution in [0, 0.1) is 0 Å². The van der Waals surface area contributed by atoms with Crippen molar-refractivity contribution in [1.82, 2.24) is 10.2 Å². The molecule has 1 aliphatic carbocycles. The highest BCUT2D eigenvalue weighted by Gasteiger charge is 2.34. The van der Waals surface area contributed by atoms with E-state index < -0.39 is 5.97 Å². The molecule has 2 N–H and O–H groups in total. The van der Waals surface area contributed by atoms with E-state index in [1.807, 2.05) is 11.8 Å². The third-order valence-electron chi connectivity index (χ3n) is 3.08. The zero-order valence-corrected chi connectivity index (χ0v) is 11.0. The molecule has 0 radical (unpaired) electrons. The Kier molecular flexibility index (Phi) is 6.07. The number of nitrogens with one attached hydrogen (secondary N) is 1. The van der Waals surface area contributed by atoms with Gasteiger partial charge in [0.1, 0.15) is 0 Å². The number of methoxy groups -OCH3 is 1. The number of rotatable bonds is 9. The van der Waals surface area contributed by atoms with Crippen molar-refractivity contribution in [2.24, 2.45) is 0 Å². The Morgan fingerprint density at radius 3 is 2.67 bits per heavy atom. The predicted molar refractivity (Wildman–Crippen MR) is 66.3 cm³/mol. The zero-order chi connectivity index (χ0) is 13.5. The average Bonchev–Trinajstić information content (AvgIpc) is 3.13. The van der Waals surface area contributed by atoms with E-state index in [0.717, 1.165) is 12.8 Å². The van der Waals surface area contributed by atoms with Crippen LogP contribution in [0.4, 0.5) is 0 Å². The standard InChI is InChI=1S/C12H22N2O4/c1-9(12(17)13-6-8-18-2)14(10-3-4-10)7-5-11(15)16/h9-10H,3-8H2,1-2H3,(H,13,17)(H,15,16). The monoisotopic (exact) mass is 258 g/mol. The molecule has 0 aromatic carbocycles. The molecule has 1 aliphatic rings. The van der Waals surface area contributed by atoms with Crippen molar-refractivity contribution in [1.29, 1.82) is 0 Å². The number of carbonyl (C=O) groups excluding carboxylic acids is 1. The Labute approximate surface area is 107 Å². The van der Waals surface area contributed by atoms with Gasteiger partial charge >= 0.3 is 5.97 Å². The molecular formula is C12H22N2O4. The van der Waals surface area contributed by atoms with Crippen LogP contribution >= 0.6 is 0 Å². The normalized spacial score (nSPS) is 16.6. The molecule has 104 valence electrons. The summed E-state index contributed by atoms with van der Waals surface area (Å²) in [6.07, 6.45) is 2.18. The molecule has 0 aromatic heterocycles. The number of amides is 1. The van der Waals surface area contributed by atoms with Crippen molar-refractivity contribution in [2.75, 3.05) is 26.8 Å². The number of carboxylic acid groups (broad SMARTS) is 1. The number of ether oxygens (including phenoxy) is 1. The van der Waals surface area contributed by atoms with Crippen LogP contribution in [0.25, 0.3) is 0 Å². The van der Waals surface area contributed by atoms with E-state index in [0.29, 0.717) is 25.7 Å². The van der Waals surface area contributed by atoms with Gasteiger partial charge in [-0.3, -0.25) is 14.5 Å². The van der Waals surface area contributed by atoms with Gasteiger partial charge in [-0.25, -0.2) is 0 Å². The van der Waals surface area contributed by atoms with Crippen molar-refractivity contribution >= 4 is 11.9 Å². The van der Waals surface area contributed by atoms with Crippen LogP contribution in [0.2, 0.25) is 0 Å². The third kappa shape index (κ3) is 5.01. The van der Waals surface area contributed by atoms with Crippen LogP contribution in [0.1, 0.15) is 26.2 Å². The summed E-state index contributed by atoms with van der Waals surface area (Å²) >= 11 is 0. The van der Waals surface area contributed by atoms with E-state index in [-0.39, 0.29) is 18.4 Å². The Hall–Kier alpha value is -1.14. The SMILES string of the molecule is COCCNC(=O)C(C)N(CCC(=O)O)C1CC1. The summed E-state index contributed by atoms with van der Waals surface area (Å²) in [4.78, 5) is 24.5. The van der Waals surface area contributed by atoms with Crippen LogP contribution in [0.3, 0.4) is 0 Å². The molecule has 1 atom stereocenters. The molecule has 18 heavy (non-hydrogen) atoms. The first-order chi connectivity index (χ1) is 8.56. The molecule has 1 fully saturated rings. The van der Waals surface area contributed by atoms with E-state index >= 15 is 0 Å². The fourth-order valence-electron chi connectivity index (χ4n) is 1.90. The summed E-state index contributed by atoms with van der Waals surface area (Å²) in [6, 6.07) is 0.0845. The summed E-state index contributed by atoms with van der Waals surface area (Å²) in [5.41, 5.74) is 0. The van der Waals surface area contributed by atoms with Crippen LogP contribution < -0.4 is 5.32 Å². The molecule has 1 rings (SSSR count). The predicted octanol–water partition coefficient (Wildman–Crippen LogP) is 0.0766. The Bertz CT molecular complexity index is 292. The van der Waals surface area contributed by atoms with Gasteiger partial charge < -0.3 is 15.2 Å². The average molecular weight is 258 g/mol. The quantitative estimate of drug-likeness (QED) is 0.572. The number of nitrogens with zero attached hydrogens (tertiary/aromatic N) is 1. The first-order valence-electron chi connectivity index (χ1n) is 6.30. The van der Waals surface area contributed by atoms with Crippen molar-refractivity contribution in [3.63, 3.8) is 0 Å². The maximum atomic E-state index is 11.9. The molecule has 0 bridgehead atoms. The fraction of sp³-hybridized carbons (Fsp3) is 0.833. The highest BCUT2D eigenvalue weighted by molar-refractivity contribution is 5.81. The second kappa shape index (κ2) is 7.33. The lowest BCUT2D eigenvalue weighted by molar-refractivity contribution is -0.138. The number of hydrogen-bond donors (Lipinski definition) is 2. The second-order valence-electron chi connectivity index (χ2n) is 4.57. The van der Waals surface area contributed by atoms with E-state index in [1.165, 1.54) is 0 Å². The molecule has 0 aromatic rings. The number of hydrogen-bond acceptors (Lipinski definition) is 4. The fourth-order valence-corrected chi connectivity index (χ4v) is 1.90. The number of aliphatic carboxylic acids is 1. The first kappa shape index (κ1) is 14.9. The summed E-state index contributed by atoms with van der Waals surface area (Å²) in [6.45, 7) is 3.22. The van der Waals surface area contributed by atoms with Crippen molar-refractivity contribution in [2.45, 2.75) is 38.3 Å². The lowest BCUT2D eigenvalue weighted by atomic mass is 10.2. The van der Waals surface area contributed by atoms with E-state index in [4.69, 9.17) is 9.84 Å². The first-order valence-corrected chi connectivity index (χ1v) is 6.30. The highest BCUT2D eigenvalue weighted by atomic mass is 16.5. The lowest BCUT2D eigenvalue weighted by Gasteiger charge is -2.27. The van der Waals surface area contributed by atoms with Crippen LogP contribution in [0.5, 0.6) is 0 Å². The van der Waals surface area contributed by atoms with Gasteiger partial charge in [0, 0.05) is 26.2 Å². The topological polar surface area (TPSA) is 78.9 Å². The van der Waals surface area contributed by atoms with Crippen molar-refractivity contribution in [3.8, 4) is 0 Å². The minimum atomic E-state index is -0.826. The summed E-state index contributed by atoms with van der Waals surface area (Å²) in [5, 5.41) is 11.5. The molecule has 1 saturated carbocycles. The number of carbonyl (C=O) groups is 2. The Morgan fingerprint density at radius 2 is 2.17 bits per heavy atom. The van der Waals surface area contributed by atoms with Gasteiger partial charge in [-0.05, 0) is 19.8 Å². The molecule has 1 amide bonds. The summed E-state index contributed by atoms with van der Waals surface area (Å²) in [5.74, 6) is -0.892. The largest absolute Gasteiger partial charge is 0.481 e. The molecule has 6 nitrogen and oxygen atoms in total. The molecule has 1 unspecified atom stereocenters. The zero-order valence-electron chi connectivity index (χ0n) is 11.0. The van der Waals surface area contributed by atoms with Gasteiger partial charge in [-0.1, -0.05) is 0 Å². The molecule has 0 heterocycles. The smallest absolute Gasteiger partial charge is 0.304 e. The van der Waals surface area contributed by atoms with Crippen LogP contribution in [0.15, 0.2) is 0 Å². The van der Waals surface area contributed by atoms with Gasteiger partial charge in [0.2, 0.25) is 5.91 Å². The van der Waals surface area contributed by atoms with Gasteiger partial charge in [-0.2, -0.15) is 0 Å². The third-order valence-corrected chi connectivity index (χ3v) is 3.08. The minimum Gasteiger partial charge on any atom is -0.481 e. The molecule has 0 spiro atoms. The Morgan fingerprint density at radius 1 is 1.50 bits per heavy atom. The van der Waals surface area contributed by atoms with Crippen LogP contribution in [-0.2, 0) is 14.3 Å². The van der Waals surface area contributed by atoms with Gasteiger partial charge in [-0.15, -0.1) is 0 Å². The van der Waals surface area contributed by atoms with Gasteiger partial charge in [0.05, 0.1) is 19.1 Å².